The number of hydrogen-bond donors (Lipinski definition) is 0. The Balaban J connectivity index is 1.22. The average Bonchev–Trinajstić information content (AvgIpc) is 3.67. The Bertz CT molecular complexity index is 2720. The third-order valence-corrected chi connectivity index (χ3v) is 11.4. The Morgan fingerprint density at radius 1 is 0.582 bits per heavy atom. The van der Waals surface area contributed by atoms with Crippen LogP contribution < -0.4 is 4.90 Å². The van der Waals surface area contributed by atoms with Crippen molar-refractivity contribution in [1.82, 2.24) is 15.0 Å². The molecule has 0 spiro atoms. The summed E-state index contributed by atoms with van der Waals surface area (Å²) in [5.41, 5.74) is 15.1. The second kappa shape index (κ2) is 12.6. The van der Waals surface area contributed by atoms with Gasteiger partial charge in [0.05, 0.1) is 17.7 Å². The Morgan fingerprint density at radius 3 is 1.91 bits per heavy atom. The summed E-state index contributed by atoms with van der Waals surface area (Å²) in [4.78, 5) is 17.8. The molecule has 10 rings (SSSR count). The molecule has 3 aliphatic rings. The minimum Gasteiger partial charge on any atom is -0.333 e. The van der Waals surface area contributed by atoms with Gasteiger partial charge in [-0.1, -0.05) is 129 Å². The first kappa shape index (κ1) is 32.7. The molecule has 262 valence electrons. The third kappa shape index (κ3) is 5.41. The van der Waals surface area contributed by atoms with Crippen LogP contribution in [0.15, 0.2) is 158 Å². The van der Waals surface area contributed by atoms with Crippen molar-refractivity contribution in [3.63, 3.8) is 0 Å². The number of aryl methyl sites for hydroxylation is 1. The van der Waals surface area contributed by atoms with Gasteiger partial charge in [-0.05, 0) is 93.9 Å². The number of nitrogens with zero attached hydrogens (tertiary/aromatic N) is 5. The zero-order valence-electron chi connectivity index (χ0n) is 30.9. The molecule has 0 radical (unpaired) electrons. The van der Waals surface area contributed by atoms with E-state index in [1.807, 2.05) is 79.7 Å². The molecular formula is C50H37N5. The standard InChI is InChI=1S/C50H37N5/c1-31-22-32(30-51)24-35(23-31)36-25-37(49-53-47(33-14-6-4-7-15-33)52-48(54-49)34-16-8-5-9-17-34)27-38(26-36)55-45-21-13-11-19-40(45)42-28-41-39-18-10-12-20-43(39)50(2,3)44(41)29-46(42)55/h4-29,40,45H,1-3H3. The van der Waals surface area contributed by atoms with Crippen molar-refractivity contribution in [1.29, 1.82) is 5.26 Å². The number of hydrogen-bond acceptors (Lipinski definition) is 5. The lowest BCUT2D eigenvalue weighted by Gasteiger charge is -2.30. The zero-order chi connectivity index (χ0) is 37.3. The molecule has 2 aliphatic carbocycles. The summed E-state index contributed by atoms with van der Waals surface area (Å²) in [6, 6.07) is 49.1. The highest BCUT2D eigenvalue weighted by molar-refractivity contribution is 5.89. The highest BCUT2D eigenvalue weighted by atomic mass is 15.2. The predicted molar refractivity (Wildman–Crippen MR) is 222 cm³/mol. The van der Waals surface area contributed by atoms with Crippen molar-refractivity contribution >= 4 is 11.4 Å². The second-order valence-corrected chi connectivity index (χ2v) is 15.3. The van der Waals surface area contributed by atoms with E-state index in [0.717, 1.165) is 39.1 Å². The molecular weight excluding hydrogens is 671 g/mol. The average molecular weight is 708 g/mol. The van der Waals surface area contributed by atoms with Crippen LogP contribution in [-0.4, -0.2) is 21.0 Å². The fourth-order valence-electron chi connectivity index (χ4n) is 8.83. The van der Waals surface area contributed by atoms with Gasteiger partial charge in [0.25, 0.3) is 0 Å². The maximum absolute atomic E-state index is 9.99. The highest BCUT2D eigenvalue weighted by Gasteiger charge is 2.42. The lowest BCUT2D eigenvalue weighted by molar-refractivity contribution is 0.660. The summed E-state index contributed by atoms with van der Waals surface area (Å²) in [6.45, 7) is 6.73. The molecule has 0 saturated heterocycles. The molecule has 2 unspecified atom stereocenters. The first-order valence-electron chi connectivity index (χ1n) is 18.8. The summed E-state index contributed by atoms with van der Waals surface area (Å²) in [6.07, 6.45) is 9.02. The van der Waals surface area contributed by atoms with Crippen LogP contribution in [0, 0.1) is 18.3 Å². The normalized spacial score (nSPS) is 16.9. The minimum atomic E-state index is -0.138. The number of nitriles is 1. The van der Waals surface area contributed by atoms with Crippen molar-refractivity contribution < 1.29 is 0 Å². The van der Waals surface area contributed by atoms with Gasteiger partial charge in [-0.3, -0.25) is 0 Å². The molecule has 6 aromatic carbocycles. The Morgan fingerprint density at radius 2 is 1.20 bits per heavy atom. The zero-order valence-corrected chi connectivity index (χ0v) is 30.9. The molecule has 0 fully saturated rings. The third-order valence-electron chi connectivity index (χ3n) is 11.4. The molecule has 0 N–H and O–H groups in total. The van der Waals surface area contributed by atoms with Gasteiger partial charge >= 0.3 is 0 Å². The van der Waals surface area contributed by atoms with Crippen LogP contribution in [0.3, 0.4) is 0 Å². The van der Waals surface area contributed by atoms with E-state index in [1.165, 1.54) is 33.5 Å². The van der Waals surface area contributed by atoms with Crippen molar-refractivity contribution in [3.05, 3.63) is 186 Å². The van der Waals surface area contributed by atoms with Gasteiger partial charge in [-0.2, -0.15) is 5.26 Å². The van der Waals surface area contributed by atoms with Crippen LogP contribution >= 0.6 is 0 Å². The number of anilines is 2. The van der Waals surface area contributed by atoms with Crippen LogP contribution in [0.5, 0.6) is 0 Å². The molecule has 1 aliphatic heterocycles. The topological polar surface area (TPSA) is 65.7 Å². The largest absolute Gasteiger partial charge is 0.333 e. The van der Waals surface area contributed by atoms with E-state index in [1.54, 1.807) is 0 Å². The van der Waals surface area contributed by atoms with Crippen LogP contribution in [0.2, 0.25) is 0 Å². The molecule has 0 amide bonds. The summed E-state index contributed by atoms with van der Waals surface area (Å²) in [5, 5.41) is 9.99. The molecule has 7 aromatic rings. The van der Waals surface area contributed by atoms with Gasteiger partial charge in [0.2, 0.25) is 0 Å². The van der Waals surface area contributed by atoms with E-state index in [0.29, 0.717) is 23.0 Å². The number of aromatic nitrogens is 3. The predicted octanol–water partition coefficient (Wildman–Crippen LogP) is 11.8. The molecule has 5 heteroatoms. The van der Waals surface area contributed by atoms with Gasteiger partial charge in [-0.15, -0.1) is 0 Å². The summed E-state index contributed by atoms with van der Waals surface area (Å²) in [5.74, 6) is 2.00. The molecule has 5 nitrogen and oxygen atoms in total. The minimum absolute atomic E-state index is 0.0780. The maximum Gasteiger partial charge on any atom is 0.164 e. The lowest BCUT2D eigenvalue weighted by atomic mass is 9.81. The molecule has 2 heterocycles. The number of benzene rings is 6. The van der Waals surface area contributed by atoms with E-state index < -0.39 is 0 Å². The van der Waals surface area contributed by atoms with E-state index >= 15 is 0 Å². The highest BCUT2D eigenvalue weighted by Crippen LogP contribution is 2.56. The van der Waals surface area contributed by atoms with E-state index in [4.69, 9.17) is 15.0 Å². The van der Waals surface area contributed by atoms with E-state index in [-0.39, 0.29) is 17.4 Å². The monoisotopic (exact) mass is 707 g/mol. The van der Waals surface area contributed by atoms with Gasteiger partial charge in [0.15, 0.2) is 17.5 Å². The molecule has 0 saturated carbocycles. The molecule has 0 bridgehead atoms. The summed E-state index contributed by atoms with van der Waals surface area (Å²) < 4.78 is 0. The van der Waals surface area contributed by atoms with Crippen LogP contribution in [0.4, 0.5) is 11.4 Å². The van der Waals surface area contributed by atoms with Crippen molar-refractivity contribution in [2.24, 2.45) is 0 Å². The smallest absolute Gasteiger partial charge is 0.164 e. The molecule has 55 heavy (non-hydrogen) atoms. The van der Waals surface area contributed by atoms with Crippen molar-refractivity contribution in [2.45, 2.75) is 38.1 Å². The van der Waals surface area contributed by atoms with Gasteiger partial charge in [-0.25, -0.2) is 15.0 Å². The van der Waals surface area contributed by atoms with Crippen LogP contribution in [0.25, 0.3) is 56.4 Å². The lowest BCUT2D eigenvalue weighted by Crippen LogP contribution is -2.28. The van der Waals surface area contributed by atoms with Crippen molar-refractivity contribution in [3.8, 4) is 62.5 Å². The van der Waals surface area contributed by atoms with Gasteiger partial charge in [0, 0.05) is 39.4 Å². The number of fused-ring (bicyclic) bond motifs is 6. The molecule has 2 atom stereocenters. The Hall–Kier alpha value is -6.90. The summed E-state index contributed by atoms with van der Waals surface area (Å²) in [7, 11) is 0. The SMILES string of the molecule is Cc1cc(C#N)cc(-c2cc(-c3nc(-c4ccccc4)nc(-c4ccccc4)n3)cc(N3c4cc5c(cc4C4C=CC=CC43)-c3ccccc3C5(C)C)c2)c1. The summed E-state index contributed by atoms with van der Waals surface area (Å²) >= 11 is 0. The van der Waals surface area contributed by atoms with Crippen molar-refractivity contribution in [2.75, 3.05) is 4.90 Å². The second-order valence-electron chi connectivity index (χ2n) is 15.3. The number of rotatable bonds is 5. The van der Waals surface area contributed by atoms with Gasteiger partial charge < -0.3 is 4.90 Å². The van der Waals surface area contributed by atoms with Gasteiger partial charge in [0.1, 0.15) is 0 Å². The Kier molecular flexibility index (Phi) is 7.50. The Labute approximate surface area is 321 Å². The first-order chi connectivity index (χ1) is 26.9. The van der Waals surface area contributed by atoms with Crippen LogP contribution in [-0.2, 0) is 5.41 Å². The van der Waals surface area contributed by atoms with E-state index in [2.05, 4.69) is 110 Å². The first-order valence-corrected chi connectivity index (χ1v) is 18.8. The van der Waals surface area contributed by atoms with Crippen LogP contribution in [0.1, 0.15) is 47.6 Å². The maximum atomic E-state index is 9.99. The van der Waals surface area contributed by atoms with E-state index in [9.17, 15) is 5.26 Å². The fourth-order valence-corrected chi connectivity index (χ4v) is 8.83. The fraction of sp³-hybridized carbons (Fsp3) is 0.120. The molecule has 1 aromatic heterocycles. The number of allylic oxidation sites excluding steroid dienone is 2. The quantitative estimate of drug-likeness (QED) is 0.178.